The number of benzene rings is 1. The van der Waals surface area contributed by atoms with E-state index in [1.807, 2.05) is 17.5 Å². The largest absolute Gasteiger partial charge is 0.447 e. The number of ether oxygens (including phenoxy) is 1. The van der Waals surface area contributed by atoms with Crippen LogP contribution in [0.4, 0.5) is 4.79 Å². The van der Waals surface area contributed by atoms with E-state index in [1.54, 1.807) is 41.7 Å². The number of carbonyl (C=O) groups excluding carboxylic acids is 3. The second-order valence-electron chi connectivity index (χ2n) is 5.28. The lowest BCUT2D eigenvalue weighted by atomic mass is 10.1. The molecule has 6 nitrogen and oxygen atoms in total. The molecule has 2 rings (SSSR count). The van der Waals surface area contributed by atoms with E-state index < -0.39 is 24.0 Å². The molecular formula is C18H20N2O4S. The van der Waals surface area contributed by atoms with E-state index in [9.17, 15) is 14.4 Å². The fraction of sp³-hybridized carbons (Fsp3) is 0.278. The molecule has 0 fully saturated rings. The number of thiophene rings is 1. The lowest BCUT2D eigenvalue weighted by Gasteiger charge is -2.17. The number of hydrogen-bond acceptors (Lipinski definition) is 5. The van der Waals surface area contributed by atoms with E-state index in [-0.39, 0.29) is 6.42 Å². The fourth-order valence-electron chi connectivity index (χ4n) is 2.19. The van der Waals surface area contributed by atoms with Gasteiger partial charge < -0.3 is 10.1 Å². The Kier molecular flexibility index (Phi) is 7.16. The first kappa shape index (κ1) is 18.7. The Bertz CT molecular complexity index is 701. The van der Waals surface area contributed by atoms with Crippen molar-refractivity contribution in [2.24, 2.45) is 0 Å². The Morgan fingerprint density at radius 1 is 1.12 bits per heavy atom. The summed E-state index contributed by atoms with van der Waals surface area (Å²) in [4.78, 5) is 36.9. The van der Waals surface area contributed by atoms with Crippen LogP contribution in [-0.4, -0.2) is 25.0 Å². The molecule has 0 aliphatic rings. The molecule has 0 saturated heterocycles. The quantitative estimate of drug-likeness (QED) is 0.744. The summed E-state index contributed by atoms with van der Waals surface area (Å²) in [5, 5.41) is 6.43. The molecule has 1 aromatic carbocycles. The second kappa shape index (κ2) is 9.58. The van der Waals surface area contributed by atoms with E-state index in [0.717, 1.165) is 6.42 Å². The van der Waals surface area contributed by atoms with Crippen LogP contribution < -0.4 is 10.6 Å². The van der Waals surface area contributed by atoms with Gasteiger partial charge >= 0.3 is 12.0 Å². The van der Waals surface area contributed by atoms with Gasteiger partial charge in [-0.1, -0.05) is 36.4 Å². The maximum atomic E-state index is 12.3. The molecule has 2 N–H and O–H groups in total. The standard InChI is InChI=1S/C18H20N2O4S/c1-19-18(23)20-17(22)16(13-7-3-2-4-8-13)24-15(21)11-5-9-14-10-6-12-25-14/h2-4,6-8,10,12,16H,5,9,11H2,1H3,(H2,19,20,22,23)/t16-/m0/s1. The van der Waals surface area contributed by atoms with E-state index in [0.29, 0.717) is 12.0 Å². The zero-order valence-corrected chi connectivity index (χ0v) is 14.7. The van der Waals surface area contributed by atoms with Crippen molar-refractivity contribution in [3.8, 4) is 0 Å². The third-order valence-electron chi connectivity index (χ3n) is 3.44. The van der Waals surface area contributed by atoms with Crippen molar-refractivity contribution < 1.29 is 19.1 Å². The molecule has 0 aliphatic carbocycles. The highest BCUT2D eigenvalue weighted by atomic mass is 32.1. The summed E-state index contributed by atoms with van der Waals surface area (Å²) in [6.07, 6.45) is 0.465. The molecule has 3 amide bonds. The minimum Gasteiger partial charge on any atom is -0.447 e. The van der Waals surface area contributed by atoms with Crippen LogP contribution in [0.5, 0.6) is 0 Å². The first-order chi connectivity index (χ1) is 12.1. The third-order valence-corrected chi connectivity index (χ3v) is 4.37. The summed E-state index contributed by atoms with van der Waals surface area (Å²) in [5.74, 6) is -1.16. The predicted octanol–water partition coefficient (Wildman–Crippen LogP) is 2.81. The Morgan fingerprint density at radius 3 is 2.52 bits per heavy atom. The molecule has 2 aromatic rings. The van der Waals surface area contributed by atoms with Crippen LogP contribution in [0, 0.1) is 0 Å². The monoisotopic (exact) mass is 360 g/mol. The van der Waals surface area contributed by atoms with Crippen LogP contribution in [0.15, 0.2) is 47.8 Å². The molecule has 0 radical (unpaired) electrons. The fourth-order valence-corrected chi connectivity index (χ4v) is 2.94. The van der Waals surface area contributed by atoms with Crippen LogP contribution >= 0.6 is 11.3 Å². The summed E-state index contributed by atoms with van der Waals surface area (Å²) in [6, 6.07) is 11.9. The van der Waals surface area contributed by atoms with Gasteiger partial charge in [0.2, 0.25) is 6.10 Å². The number of hydrogen-bond donors (Lipinski definition) is 2. The van der Waals surface area contributed by atoms with Gasteiger partial charge in [-0.3, -0.25) is 14.9 Å². The highest BCUT2D eigenvalue weighted by Crippen LogP contribution is 2.19. The number of rotatable bonds is 7. The second-order valence-corrected chi connectivity index (χ2v) is 6.31. The number of imide groups is 1. The summed E-state index contributed by atoms with van der Waals surface area (Å²) >= 11 is 1.64. The summed E-state index contributed by atoms with van der Waals surface area (Å²) in [6.45, 7) is 0. The van der Waals surface area contributed by atoms with Crippen molar-refractivity contribution >= 4 is 29.2 Å². The average molecular weight is 360 g/mol. The number of aryl methyl sites for hydroxylation is 1. The molecule has 25 heavy (non-hydrogen) atoms. The minimum atomic E-state index is -1.16. The number of esters is 1. The number of amides is 3. The molecule has 1 heterocycles. The van der Waals surface area contributed by atoms with Gasteiger partial charge in [0.1, 0.15) is 0 Å². The van der Waals surface area contributed by atoms with Gasteiger partial charge in [-0.05, 0) is 24.3 Å². The number of nitrogens with one attached hydrogen (secondary N) is 2. The maximum absolute atomic E-state index is 12.3. The van der Waals surface area contributed by atoms with Crippen LogP contribution in [0.3, 0.4) is 0 Å². The minimum absolute atomic E-state index is 0.203. The summed E-state index contributed by atoms with van der Waals surface area (Å²) in [5.41, 5.74) is 0.510. The molecular weight excluding hydrogens is 340 g/mol. The van der Waals surface area contributed by atoms with Gasteiger partial charge in [-0.15, -0.1) is 11.3 Å². The Balaban J connectivity index is 1.96. The first-order valence-electron chi connectivity index (χ1n) is 7.89. The van der Waals surface area contributed by atoms with Crippen LogP contribution in [0.2, 0.25) is 0 Å². The maximum Gasteiger partial charge on any atom is 0.321 e. The predicted molar refractivity (Wildman–Crippen MR) is 95.1 cm³/mol. The molecule has 0 spiro atoms. The van der Waals surface area contributed by atoms with Crippen LogP contribution in [0.1, 0.15) is 29.4 Å². The Hall–Kier alpha value is -2.67. The van der Waals surface area contributed by atoms with E-state index in [4.69, 9.17) is 4.74 Å². The molecule has 0 unspecified atom stereocenters. The van der Waals surface area contributed by atoms with Gasteiger partial charge in [-0.2, -0.15) is 0 Å². The molecule has 0 bridgehead atoms. The zero-order chi connectivity index (χ0) is 18.1. The smallest absolute Gasteiger partial charge is 0.321 e. The van der Waals surface area contributed by atoms with Gasteiger partial charge in [0.25, 0.3) is 5.91 Å². The normalized spacial score (nSPS) is 11.4. The van der Waals surface area contributed by atoms with Gasteiger partial charge in [0.05, 0.1) is 0 Å². The van der Waals surface area contributed by atoms with Crippen molar-refractivity contribution in [3.05, 3.63) is 58.3 Å². The highest BCUT2D eigenvalue weighted by molar-refractivity contribution is 7.09. The van der Waals surface area contributed by atoms with Crippen molar-refractivity contribution in [1.29, 1.82) is 0 Å². The van der Waals surface area contributed by atoms with Gasteiger partial charge in [0.15, 0.2) is 0 Å². The Morgan fingerprint density at radius 2 is 1.88 bits per heavy atom. The molecule has 1 aromatic heterocycles. The van der Waals surface area contributed by atoms with Crippen LogP contribution in [0.25, 0.3) is 0 Å². The lowest BCUT2D eigenvalue weighted by Crippen LogP contribution is -2.41. The molecule has 132 valence electrons. The topological polar surface area (TPSA) is 84.5 Å². The summed E-state index contributed by atoms with van der Waals surface area (Å²) in [7, 11) is 1.40. The van der Waals surface area contributed by atoms with Crippen molar-refractivity contribution in [2.45, 2.75) is 25.4 Å². The lowest BCUT2D eigenvalue weighted by molar-refractivity contribution is -0.156. The zero-order valence-electron chi connectivity index (χ0n) is 13.9. The van der Waals surface area contributed by atoms with Crippen LogP contribution in [-0.2, 0) is 20.7 Å². The molecule has 0 aliphatic heterocycles. The molecule has 1 atom stereocenters. The highest BCUT2D eigenvalue weighted by Gasteiger charge is 2.26. The third kappa shape index (κ3) is 6.04. The van der Waals surface area contributed by atoms with Crippen molar-refractivity contribution in [1.82, 2.24) is 10.6 Å². The SMILES string of the molecule is CNC(=O)NC(=O)[C@@H](OC(=O)CCCc1cccs1)c1ccccc1. The Labute approximate surface area is 150 Å². The molecule has 7 heteroatoms. The van der Waals surface area contributed by atoms with Gasteiger partial charge in [0, 0.05) is 23.9 Å². The number of carbonyl (C=O) groups is 3. The number of urea groups is 1. The van der Waals surface area contributed by atoms with Crippen molar-refractivity contribution in [2.75, 3.05) is 7.05 Å². The van der Waals surface area contributed by atoms with E-state index in [2.05, 4.69) is 10.6 Å². The van der Waals surface area contributed by atoms with E-state index in [1.165, 1.54) is 11.9 Å². The summed E-state index contributed by atoms with van der Waals surface area (Å²) < 4.78 is 5.34. The van der Waals surface area contributed by atoms with E-state index >= 15 is 0 Å². The first-order valence-corrected chi connectivity index (χ1v) is 8.77. The van der Waals surface area contributed by atoms with Gasteiger partial charge in [-0.25, -0.2) is 4.79 Å². The van der Waals surface area contributed by atoms with Crippen molar-refractivity contribution in [3.63, 3.8) is 0 Å². The average Bonchev–Trinajstić information content (AvgIpc) is 3.13. The molecule has 0 saturated carbocycles.